The van der Waals surface area contributed by atoms with Crippen LogP contribution in [-0.2, 0) is 0 Å². The minimum absolute atomic E-state index is 0.913. The van der Waals surface area contributed by atoms with E-state index in [1.54, 1.807) is 0 Å². The molecule has 0 aliphatic carbocycles. The molecule has 2 N–H and O–H groups in total. The molecule has 0 saturated heterocycles. The first-order chi connectivity index (χ1) is 6.74. The lowest BCUT2D eigenvalue weighted by Crippen LogP contribution is -1.91. The average Bonchev–Trinajstić information content (AvgIpc) is 2.15. The second-order valence-corrected chi connectivity index (χ2v) is 5.62. The molecule has 0 atom stereocenters. The highest BCUT2D eigenvalue weighted by molar-refractivity contribution is 8.03. The van der Waals surface area contributed by atoms with Crippen LogP contribution in [0.1, 0.15) is 12.5 Å². The molecule has 0 unspecified atom stereocenters. The summed E-state index contributed by atoms with van der Waals surface area (Å²) < 4.78 is 0. The second-order valence-electron chi connectivity index (χ2n) is 3.09. The lowest BCUT2D eigenvalue weighted by molar-refractivity contribution is 1.37. The number of hydrogen-bond acceptors (Lipinski definition) is 3. The van der Waals surface area contributed by atoms with E-state index >= 15 is 0 Å². The van der Waals surface area contributed by atoms with Crippen LogP contribution in [-0.4, -0.2) is 17.3 Å². The SMILES string of the molecule is CCSCCSc1ccc(C)cc1N. The monoisotopic (exact) mass is 227 g/mol. The van der Waals surface area contributed by atoms with E-state index in [1.165, 1.54) is 22.0 Å². The van der Waals surface area contributed by atoms with Gasteiger partial charge in [-0.3, -0.25) is 0 Å². The van der Waals surface area contributed by atoms with Gasteiger partial charge in [-0.2, -0.15) is 11.8 Å². The lowest BCUT2D eigenvalue weighted by atomic mass is 10.2. The standard InChI is InChI=1S/C11H17NS2/c1-3-13-6-7-14-11-5-4-9(2)8-10(11)12/h4-5,8H,3,6-7,12H2,1-2H3. The number of benzene rings is 1. The van der Waals surface area contributed by atoms with Gasteiger partial charge in [-0.05, 0) is 30.4 Å². The number of aryl methyl sites for hydroxylation is 1. The number of anilines is 1. The molecule has 0 saturated carbocycles. The minimum atomic E-state index is 0.913. The topological polar surface area (TPSA) is 26.0 Å². The Morgan fingerprint density at radius 1 is 1.29 bits per heavy atom. The van der Waals surface area contributed by atoms with Crippen molar-refractivity contribution in [2.45, 2.75) is 18.7 Å². The predicted octanol–water partition coefficient (Wildman–Crippen LogP) is 3.42. The molecule has 0 aliphatic rings. The largest absolute Gasteiger partial charge is 0.398 e. The van der Waals surface area contributed by atoms with E-state index in [9.17, 15) is 0 Å². The van der Waals surface area contributed by atoms with Crippen molar-refractivity contribution in [2.75, 3.05) is 23.0 Å². The normalized spacial score (nSPS) is 10.4. The van der Waals surface area contributed by atoms with E-state index in [2.05, 4.69) is 26.0 Å². The van der Waals surface area contributed by atoms with Gasteiger partial charge in [0.2, 0.25) is 0 Å². The first kappa shape index (κ1) is 11.8. The molecule has 0 amide bonds. The Kier molecular flexibility index (Phi) is 5.26. The van der Waals surface area contributed by atoms with Crippen molar-refractivity contribution in [2.24, 2.45) is 0 Å². The van der Waals surface area contributed by atoms with Crippen LogP contribution in [0.3, 0.4) is 0 Å². The molecule has 1 nitrogen and oxygen atoms in total. The van der Waals surface area contributed by atoms with Gasteiger partial charge in [0.15, 0.2) is 0 Å². The zero-order valence-corrected chi connectivity index (χ0v) is 10.4. The van der Waals surface area contributed by atoms with Gasteiger partial charge in [0.25, 0.3) is 0 Å². The lowest BCUT2D eigenvalue weighted by Gasteiger charge is -2.05. The molecule has 0 radical (unpaired) electrons. The maximum atomic E-state index is 5.91. The Labute approximate surface area is 94.8 Å². The average molecular weight is 227 g/mol. The number of nitrogens with two attached hydrogens (primary N) is 1. The zero-order valence-electron chi connectivity index (χ0n) is 8.75. The summed E-state index contributed by atoms with van der Waals surface area (Å²) in [6.45, 7) is 4.26. The van der Waals surface area contributed by atoms with Crippen molar-refractivity contribution in [1.82, 2.24) is 0 Å². The van der Waals surface area contributed by atoms with E-state index < -0.39 is 0 Å². The van der Waals surface area contributed by atoms with Gasteiger partial charge in [-0.25, -0.2) is 0 Å². The molecule has 1 aromatic carbocycles. The second kappa shape index (κ2) is 6.25. The van der Waals surface area contributed by atoms with E-state index in [1.807, 2.05) is 29.6 Å². The van der Waals surface area contributed by atoms with Crippen LogP contribution < -0.4 is 5.73 Å². The molecule has 0 aliphatic heterocycles. The highest BCUT2D eigenvalue weighted by atomic mass is 32.2. The van der Waals surface area contributed by atoms with Crippen LogP contribution in [0.4, 0.5) is 5.69 Å². The van der Waals surface area contributed by atoms with Crippen LogP contribution in [0, 0.1) is 6.92 Å². The van der Waals surface area contributed by atoms with Gasteiger partial charge >= 0.3 is 0 Å². The molecule has 78 valence electrons. The Hall–Kier alpha value is -0.280. The molecule has 0 spiro atoms. The fourth-order valence-corrected chi connectivity index (χ4v) is 2.86. The fourth-order valence-electron chi connectivity index (χ4n) is 1.15. The van der Waals surface area contributed by atoms with Gasteiger partial charge in [0.05, 0.1) is 0 Å². The highest BCUT2D eigenvalue weighted by Gasteiger charge is 1.99. The van der Waals surface area contributed by atoms with Gasteiger partial charge < -0.3 is 5.73 Å². The van der Waals surface area contributed by atoms with Crippen LogP contribution in [0.5, 0.6) is 0 Å². The van der Waals surface area contributed by atoms with E-state index in [4.69, 9.17) is 5.73 Å². The summed E-state index contributed by atoms with van der Waals surface area (Å²) in [6.07, 6.45) is 0. The number of nitrogen functional groups attached to an aromatic ring is 1. The van der Waals surface area contributed by atoms with Crippen molar-refractivity contribution in [3.63, 3.8) is 0 Å². The molecule has 3 heteroatoms. The Morgan fingerprint density at radius 2 is 2.07 bits per heavy atom. The highest BCUT2D eigenvalue weighted by Crippen LogP contribution is 2.26. The third kappa shape index (κ3) is 3.84. The van der Waals surface area contributed by atoms with Crippen molar-refractivity contribution >= 4 is 29.2 Å². The van der Waals surface area contributed by atoms with E-state index in [0.29, 0.717) is 0 Å². The summed E-state index contributed by atoms with van der Waals surface area (Å²) in [6, 6.07) is 6.27. The van der Waals surface area contributed by atoms with Gasteiger partial charge in [-0.15, -0.1) is 11.8 Å². The summed E-state index contributed by atoms with van der Waals surface area (Å²) in [5, 5.41) is 0. The van der Waals surface area contributed by atoms with E-state index in [0.717, 1.165) is 11.4 Å². The zero-order chi connectivity index (χ0) is 10.4. The molecule has 0 fully saturated rings. The quantitative estimate of drug-likeness (QED) is 0.474. The maximum Gasteiger partial charge on any atom is 0.0454 e. The third-order valence-corrected chi connectivity index (χ3v) is 4.11. The van der Waals surface area contributed by atoms with Crippen molar-refractivity contribution in [3.05, 3.63) is 23.8 Å². The summed E-state index contributed by atoms with van der Waals surface area (Å²) in [4.78, 5) is 1.22. The summed E-state index contributed by atoms with van der Waals surface area (Å²) in [5.74, 6) is 3.55. The fraction of sp³-hybridized carbons (Fsp3) is 0.455. The number of rotatable bonds is 5. The van der Waals surface area contributed by atoms with Gasteiger partial charge in [0.1, 0.15) is 0 Å². The Bertz CT molecular complexity index is 287. The number of thioether (sulfide) groups is 2. The van der Waals surface area contributed by atoms with Crippen LogP contribution in [0.2, 0.25) is 0 Å². The van der Waals surface area contributed by atoms with Crippen LogP contribution in [0.25, 0.3) is 0 Å². The smallest absolute Gasteiger partial charge is 0.0454 e. The van der Waals surface area contributed by atoms with Crippen molar-refractivity contribution in [1.29, 1.82) is 0 Å². The van der Waals surface area contributed by atoms with Crippen LogP contribution in [0.15, 0.2) is 23.1 Å². The van der Waals surface area contributed by atoms with Crippen molar-refractivity contribution in [3.8, 4) is 0 Å². The maximum absolute atomic E-state index is 5.91. The minimum Gasteiger partial charge on any atom is -0.398 e. The van der Waals surface area contributed by atoms with Crippen LogP contribution >= 0.6 is 23.5 Å². The van der Waals surface area contributed by atoms with E-state index in [-0.39, 0.29) is 0 Å². The molecule has 1 rings (SSSR count). The summed E-state index contributed by atoms with van der Waals surface area (Å²) in [5.41, 5.74) is 8.05. The third-order valence-electron chi connectivity index (χ3n) is 1.85. The van der Waals surface area contributed by atoms with Gasteiger partial charge in [0, 0.05) is 22.1 Å². The predicted molar refractivity (Wildman–Crippen MR) is 69.3 cm³/mol. The molecular weight excluding hydrogens is 210 g/mol. The molecule has 0 heterocycles. The Morgan fingerprint density at radius 3 is 2.71 bits per heavy atom. The van der Waals surface area contributed by atoms with Crippen molar-refractivity contribution < 1.29 is 0 Å². The molecule has 0 bridgehead atoms. The first-order valence-electron chi connectivity index (χ1n) is 4.80. The molecule has 14 heavy (non-hydrogen) atoms. The first-order valence-corrected chi connectivity index (χ1v) is 6.94. The van der Waals surface area contributed by atoms with Gasteiger partial charge in [-0.1, -0.05) is 13.0 Å². The molecular formula is C11H17NS2. The molecule has 1 aromatic rings. The summed E-state index contributed by atoms with van der Waals surface area (Å²) >= 11 is 3.82. The Balaban J connectivity index is 2.42. The summed E-state index contributed by atoms with van der Waals surface area (Å²) in [7, 11) is 0. The molecule has 0 aromatic heterocycles. The number of hydrogen-bond donors (Lipinski definition) is 1.